The number of aliphatic hydroxyl groups is 1. The van der Waals surface area contributed by atoms with E-state index in [1.807, 2.05) is 0 Å². The van der Waals surface area contributed by atoms with E-state index >= 15 is 0 Å². The molecule has 0 aromatic heterocycles. The highest BCUT2D eigenvalue weighted by Gasteiger charge is 2.25. The number of nitrogens with one attached hydrogen (secondary N) is 1. The lowest BCUT2D eigenvalue weighted by Gasteiger charge is -2.15. The zero-order chi connectivity index (χ0) is 12.3. The Labute approximate surface area is 101 Å². The molecule has 1 fully saturated rings. The normalized spacial score (nSPS) is 23.6. The minimum atomic E-state index is -0.262. The monoisotopic (exact) mass is 234 g/mol. The van der Waals surface area contributed by atoms with Gasteiger partial charge in [-0.25, -0.2) is 0 Å². The van der Waals surface area contributed by atoms with Gasteiger partial charge in [-0.1, -0.05) is 6.42 Å². The van der Waals surface area contributed by atoms with Gasteiger partial charge in [0.05, 0.1) is 6.10 Å². The third-order valence-electron chi connectivity index (χ3n) is 3.32. The van der Waals surface area contributed by atoms with E-state index < -0.39 is 0 Å². The van der Waals surface area contributed by atoms with Crippen molar-refractivity contribution < 1.29 is 9.90 Å². The predicted molar refractivity (Wildman–Crippen MR) is 66.5 cm³/mol. The maximum atomic E-state index is 11.8. The molecule has 0 bridgehead atoms. The van der Waals surface area contributed by atoms with Crippen molar-refractivity contribution >= 4 is 11.6 Å². The van der Waals surface area contributed by atoms with Gasteiger partial charge in [0.15, 0.2) is 0 Å². The molecular weight excluding hydrogens is 216 g/mol. The van der Waals surface area contributed by atoms with E-state index in [4.69, 9.17) is 5.73 Å². The van der Waals surface area contributed by atoms with Crippen LogP contribution in [0.4, 0.5) is 5.69 Å². The molecular formula is C13H18N2O2. The second-order valence-electron chi connectivity index (χ2n) is 4.59. The second kappa shape index (κ2) is 5.19. The molecule has 2 atom stereocenters. The average molecular weight is 234 g/mol. The molecule has 2 unspecified atom stereocenters. The van der Waals surface area contributed by atoms with Crippen molar-refractivity contribution in [3.05, 3.63) is 29.8 Å². The second-order valence-corrected chi connectivity index (χ2v) is 4.59. The van der Waals surface area contributed by atoms with Crippen molar-refractivity contribution in [3.8, 4) is 0 Å². The van der Waals surface area contributed by atoms with E-state index in [1.54, 1.807) is 24.3 Å². The summed E-state index contributed by atoms with van der Waals surface area (Å²) in [5, 5.41) is 12.5. The predicted octanol–water partition coefficient (Wildman–Crippen LogP) is 1.16. The van der Waals surface area contributed by atoms with Crippen LogP contribution < -0.4 is 11.1 Å². The summed E-state index contributed by atoms with van der Waals surface area (Å²) in [6.07, 6.45) is 2.62. The number of benzene rings is 1. The standard InChI is InChI=1S/C13H18N2O2/c14-11-6-4-9(5-7-11)13(17)15-8-10-2-1-3-12(10)16/h4-7,10,12,16H,1-3,8,14H2,(H,15,17). The van der Waals surface area contributed by atoms with Crippen LogP contribution in [0, 0.1) is 5.92 Å². The van der Waals surface area contributed by atoms with Crippen molar-refractivity contribution in [2.24, 2.45) is 5.92 Å². The number of carbonyl (C=O) groups is 1. The van der Waals surface area contributed by atoms with Crippen LogP contribution in [0.15, 0.2) is 24.3 Å². The van der Waals surface area contributed by atoms with Gasteiger partial charge in [0.25, 0.3) is 5.91 Å². The summed E-state index contributed by atoms with van der Waals surface area (Å²) < 4.78 is 0. The number of hydrogen-bond acceptors (Lipinski definition) is 3. The Hall–Kier alpha value is -1.55. The van der Waals surface area contributed by atoms with Gasteiger partial charge in [-0.15, -0.1) is 0 Å². The van der Waals surface area contributed by atoms with E-state index in [2.05, 4.69) is 5.32 Å². The van der Waals surface area contributed by atoms with Gasteiger partial charge >= 0.3 is 0 Å². The number of nitrogen functional groups attached to an aromatic ring is 1. The maximum absolute atomic E-state index is 11.8. The third kappa shape index (κ3) is 2.97. The Bertz CT molecular complexity index is 389. The van der Waals surface area contributed by atoms with Crippen molar-refractivity contribution in [1.29, 1.82) is 0 Å². The minimum absolute atomic E-state index is 0.107. The van der Waals surface area contributed by atoms with Gasteiger partial charge in [-0.2, -0.15) is 0 Å². The number of carbonyl (C=O) groups excluding carboxylic acids is 1. The Morgan fingerprint density at radius 2 is 2.06 bits per heavy atom. The fourth-order valence-electron chi connectivity index (χ4n) is 2.22. The molecule has 4 nitrogen and oxygen atoms in total. The summed E-state index contributed by atoms with van der Waals surface area (Å²) in [6.45, 7) is 0.546. The molecule has 1 saturated carbocycles. The van der Waals surface area contributed by atoms with Gasteiger partial charge in [-0.3, -0.25) is 4.79 Å². The molecule has 4 N–H and O–H groups in total. The smallest absolute Gasteiger partial charge is 0.251 e. The molecule has 0 heterocycles. The molecule has 2 rings (SSSR count). The summed E-state index contributed by atoms with van der Waals surface area (Å²) in [7, 11) is 0. The van der Waals surface area contributed by atoms with Gasteiger partial charge in [0, 0.05) is 23.7 Å². The van der Waals surface area contributed by atoms with Crippen LogP contribution >= 0.6 is 0 Å². The molecule has 0 saturated heterocycles. The first-order chi connectivity index (χ1) is 8.16. The zero-order valence-corrected chi connectivity index (χ0v) is 9.73. The summed E-state index contributed by atoms with van der Waals surface area (Å²) in [5.74, 6) is 0.0943. The zero-order valence-electron chi connectivity index (χ0n) is 9.73. The highest BCUT2D eigenvalue weighted by Crippen LogP contribution is 2.24. The lowest BCUT2D eigenvalue weighted by atomic mass is 10.1. The minimum Gasteiger partial charge on any atom is -0.399 e. The van der Waals surface area contributed by atoms with Crippen molar-refractivity contribution in [2.75, 3.05) is 12.3 Å². The van der Waals surface area contributed by atoms with Crippen molar-refractivity contribution in [1.82, 2.24) is 5.32 Å². The Kier molecular flexibility index (Phi) is 3.64. The first-order valence-corrected chi connectivity index (χ1v) is 5.98. The molecule has 1 aromatic carbocycles. The molecule has 1 aromatic rings. The number of anilines is 1. The van der Waals surface area contributed by atoms with Crippen LogP contribution in [0.5, 0.6) is 0 Å². The highest BCUT2D eigenvalue weighted by molar-refractivity contribution is 5.94. The first-order valence-electron chi connectivity index (χ1n) is 5.98. The largest absolute Gasteiger partial charge is 0.399 e. The fourth-order valence-corrected chi connectivity index (χ4v) is 2.22. The lowest BCUT2D eigenvalue weighted by molar-refractivity contribution is 0.0917. The quantitative estimate of drug-likeness (QED) is 0.687. The number of nitrogens with two attached hydrogens (primary N) is 1. The van der Waals surface area contributed by atoms with Gasteiger partial charge in [0.1, 0.15) is 0 Å². The van der Waals surface area contributed by atoms with E-state index in [9.17, 15) is 9.90 Å². The van der Waals surface area contributed by atoms with Crippen LogP contribution in [0.25, 0.3) is 0 Å². The summed E-state index contributed by atoms with van der Waals surface area (Å²) in [6, 6.07) is 6.82. The lowest BCUT2D eigenvalue weighted by Crippen LogP contribution is -2.32. The SMILES string of the molecule is Nc1ccc(C(=O)NCC2CCCC2O)cc1. The van der Waals surface area contributed by atoms with Crippen LogP contribution in [0.3, 0.4) is 0 Å². The van der Waals surface area contributed by atoms with Crippen molar-refractivity contribution in [2.45, 2.75) is 25.4 Å². The molecule has 1 aliphatic carbocycles. The first kappa shape index (κ1) is 11.9. The van der Waals surface area contributed by atoms with E-state index in [0.717, 1.165) is 19.3 Å². The van der Waals surface area contributed by atoms with Crippen LogP contribution in [0.2, 0.25) is 0 Å². The van der Waals surface area contributed by atoms with Gasteiger partial charge < -0.3 is 16.2 Å². The molecule has 1 amide bonds. The Balaban J connectivity index is 1.87. The topological polar surface area (TPSA) is 75.4 Å². The summed E-state index contributed by atoms with van der Waals surface area (Å²) in [4.78, 5) is 11.8. The number of hydrogen-bond donors (Lipinski definition) is 3. The highest BCUT2D eigenvalue weighted by atomic mass is 16.3. The third-order valence-corrected chi connectivity index (χ3v) is 3.32. The molecule has 0 radical (unpaired) electrons. The molecule has 17 heavy (non-hydrogen) atoms. The average Bonchev–Trinajstić information content (AvgIpc) is 2.73. The Morgan fingerprint density at radius 3 is 2.65 bits per heavy atom. The number of amides is 1. The molecule has 0 spiro atoms. The molecule has 1 aliphatic rings. The maximum Gasteiger partial charge on any atom is 0.251 e. The number of rotatable bonds is 3. The van der Waals surface area contributed by atoms with E-state index in [-0.39, 0.29) is 17.9 Å². The van der Waals surface area contributed by atoms with Gasteiger partial charge in [0.2, 0.25) is 0 Å². The van der Waals surface area contributed by atoms with E-state index in [1.165, 1.54) is 0 Å². The summed E-state index contributed by atoms with van der Waals surface area (Å²) >= 11 is 0. The van der Waals surface area contributed by atoms with Gasteiger partial charge in [-0.05, 0) is 37.1 Å². The van der Waals surface area contributed by atoms with Crippen molar-refractivity contribution in [3.63, 3.8) is 0 Å². The fraction of sp³-hybridized carbons (Fsp3) is 0.462. The number of aliphatic hydroxyl groups excluding tert-OH is 1. The van der Waals surface area contributed by atoms with Crippen LogP contribution in [-0.2, 0) is 0 Å². The van der Waals surface area contributed by atoms with Crippen LogP contribution in [0.1, 0.15) is 29.6 Å². The Morgan fingerprint density at radius 1 is 1.35 bits per heavy atom. The summed E-state index contributed by atoms with van der Waals surface area (Å²) in [5.41, 5.74) is 6.80. The van der Waals surface area contributed by atoms with Crippen LogP contribution in [-0.4, -0.2) is 23.7 Å². The molecule has 4 heteroatoms. The molecule has 0 aliphatic heterocycles. The van der Waals surface area contributed by atoms with E-state index in [0.29, 0.717) is 17.8 Å². The molecule has 92 valence electrons.